The van der Waals surface area contributed by atoms with E-state index >= 15 is 0 Å². The summed E-state index contributed by atoms with van der Waals surface area (Å²) in [4.78, 5) is 12.0. The van der Waals surface area contributed by atoms with Crippen molar-refractivity contribution in [2.75, 3.05) is 5.32 Å². The first-order valence-electron chi connectivity index (χ1n) is 5.73. The molecule has 1 amide bonds. The Kier molecular flexibility index (Phi) is 4.00. The molecule has 0 aliphatic rings. The van der Waals surface area contributed by atoms with Crippen molar-refractivity contribution in [1.82, 2.24) is 0 Å². The number of rotatable bonds is 3. The predicted octanol–water partition coefficient (Wildman–Crippen LogP) is 3.91. The average Bonchev–Trinajstić information content (AvgIpc) is 2.40. The highest BCUT2D eigenvalue weighted by molar-refractivity contribution is 6.32. The second-order valence-corrected chi connectivity index (χ2v) is 4.56. The summed E-state index contributed by atoms with van der Waals surface area (Å²) in [5.74, 6) is -0.216. The van der Waals surface area contributed by atoms with Gasteiger partial charge in [-0.3, -0.25) is 4.79 Å². The Balaban J connectivity index is 2.07. The number of hydrogen-bond acceptors (Lipinski definition) is 1. The molecule has 0 fully saturated rings. The van der Waals surface area contributed by atoms with Crippen LogP contribution in [0.1, 0.15) is 16.5 Å². The molecule has 2 rings (SSSR count). The minimum atomic E-state index is -0.675. The van der Waals surface area contributed by atoms with Crippen molar-refractivity contribution in [3.63, 3.8) is 0 Å². The number of alkyl halides is 1. The van der Waals surface area contributed by atoms with Gasteiger partial charge in [0.15, 0.2) is 0 Å². The van der Waals surface area contributed by atoms with Crippen LogP contribution in [0.5, 0.6) is 0 Å². The number of benzene rings is 2. The fourth-order valence-electron chi connectivity index (χ4n) is 1.61. The third kappa shape index (κ3) is 3.11. The SMILES string of the molecule is Cc1ccc([C@@H](Cl)C(=O)Nc2ccccc2)cc1. The molecule has 0 bridgehead atoms. The van der Waals surface area contributed by atoms with Crippen molar-refractivity contribution >= 4 is 23.2 Å². The number of carbonyl (C=O) groups excluding carboxylic acids is 1. The van der Waals surface area contributed by atoms with Crippen molar-refractivity contribution in [3.05, 3.63) is 65.7 Å². The van der Waals surface area contributed by atoms with Crippen molar-refractivity contribution in [3.8, 4) is 0 Å². The van der Waals surface area contributed by atoms with E-state index in [-0.39, 0.29) is 5.91 Å². The van der Waals surface area contributed by atoms with Gasteiger partial charge < -0.3 is 5.32 Å². The largest absolute Gasteiger partial charge is 0.325 e. The summed E-state index contributed by atoms with van der Waals surface area (Å²) in [6.07, 6.45) is 0. The van der Waals surface area contributed by atoms with Crippen LogP contribution in [-0.2, 0) is 4.79 Å². The van der Waals surface area contributed by atoms with Crippen LogP contribution in [0.25, 0.3) is 0 Å². The summed E-state index contributed by atoms with van der Waals surface area (Å²) in [6.45, 7) is 2.00. The second kappa shape index (κ2) is 5.69. The van der Waals surface area contributed by atoms with E-state index in [4.69, 9.17) is 11.6 Å². The minimum absolute atomic E-state index is 0.216. The molecule has 1 atom stereocenters. The van der Waals surface area contributed by atoms with E-state index in [1.54, 1.807) is 0 Å². The van der Waals surface area contributed by atoms with Crippen molar-refractivity contribution in [1.29, 1.82) is 0 Å². The van der Waals surface area contributed by atoms with Gasteiger partial charge in [-0.1, -0.05) is 48.0 Å². The number of halogens is 1. The molecular formula is C15H14ClNO. The van der Waals surface area contributed by atoms with Gasteiger partial charge >= 0.3 is 0 Å². The van der Waals surface area contributed by atoms with Gasteiger partial charge in [-0.15, -0.1) is 11.6 Å². The number of para-hydroxylation sites is 1. The lowest BCUT2D eigenvalue weighted by Gasteiger charge is -2.11. The third-order valence-corrected chi connectivity index (χ3v) is 3.09. The van der Waals surface area contributed by atoms with Gasteiger partial charge in [-0.05, 0) is 24.6 Å². The van der Waals surface area contributed by atoms with Crippen molar-refractivity contribution < 1.29 is 4.79 Å². The summed E-state index contributed by atoms with van der Waals surface area (Å²) in [7, 11) is 0. The molecule has 0 saturated carbocycles. The second-order valence-electron chi connectivity index (χ2n) is 4.13. The van der Waals surface area contributed by atoms with Gasteiger partial charge in [0.1, 0.15) is 5.38 Å². The van der Waals surface area contributed by atoms with E-state index in [9.17, 15) is 4.79 Å². The van der Waals surface area contributed by atoms with Crippen molar-refractivity contribution in [2.45, 2.75) is 12.3 Å². The quantitative estimate of drug-likeness (QED) is 0.832. The fourth-order valence-corrected chi connectivity index (χ4v) is 1.81. The summed E-state index contributed by atoms with van der Waals surface area (Å²) in [5, 5.41) is 2.11. The molecule has 3 heteroatoms. The lowest BCUT2D eigenvalue weighted by molar-refractivity contribution is -0.116. The Morgan fingerprint density at radius 3 is 2.28 bits per heavy atom. The van der Waals surface area contributed by atoms with Gasteiger partial charge in [-0.2, -0.15) is 0 Å². The smallest absolute Gasteiger partial charge is 0.246 e. The number of hydrogen-bond donors (Lipinski definition) is 1. The molecular weight excluding hydrogens is 246 g/mol. The number of amides is 1. The number of nitrogens with one attached hydrogen (secondary N) is 1. The van der Waals surface area contributed by atoms with Gasteiger partial charge in [0, 0.05) is 5.69 Å². The number of carbonyl (C=O) groups is 1. The zero-order chi connectivity index (χ0) is 13.0. The van der Waals surface area contributed by atoms with Crippen molar-refractivity contribution in [2.24, 2.45) is 0 Å². The maximum absolute atomic E-state index is 12.0. The molecule has 2 nitrogen and oxygen atoms in total. The molecule has 0 radical (unpaired) electrons. The third-order valence-electron chi connectivity index (χ3n) is 2.64. The van der Waals surface area contributed by atoms with Gasteiger partial charge in [0.2, 0.25) is 5.91 Å². The molecule has 0 heterocycles. The van der Waals surface area contributed by atoms with E-state index in [2.05, 4.69) is 5.32 Å². The van der Waals surface area contributed by atoms with Crippen LogP contribution in [0.15, 0.2) is 54.6 Å². The van der Waals surface area contributed by atoms with Crippen LogP contribution < -0.4 is 5.32 Å². The van der Waals surface area contributed by atoms with Crippen LogP contribution >= 0.6 is 11.6 Å². The standard InChI is InChI=1S/C15H14ClNO/c1-11-7-9-12(10-8-11)14(16)15(18)17-13-5-3-2-4-6-13/h2-10,14H,1H3,(H,17,18)/t14-/m1/s1. The zero-order valence-corrected chi connectivity index (χ0v) is 10.8. The van der Waals surface area contributed by atoms with Gasteiger partial charge in [-0.25, -0.2) is 0 Å². The maximum atomic E-state index is 12.0. The zero-order valence-electron chi connectivity index (χ0n) is 10.1. The van der Waals surface area contributed by atoms with Crippen LogP contribution in [0.3, 0.4) is 0 Å². The minimum Gasteiger partial charge on any atom is -0.325 e. The molecule has 2 aromatic carbocycles. The molecule has 92 valence electrons. The highest BCUT2D eigenvalue weighted by Gasteiger charge is 2.17. The van der Waals surface area contributed by atoms with Gasteiger partial charge in [0.05, 0.1) is 0 Å². The Morgan fingerprint density at radius 1 is 1.06 bits per heavy atom. The molecule has 0 unspecified atom stereocenters. The van der Waals surface area contributed by atoms with E-state index in [1.807, 2.05) is 61.5 Å². The van der Waals surface area contributed by atoms with E-state index in [0.717, 1.165) is 16.8 Å². The van der Waals surface area contributed by atoms with Crippen LogP contribution in [-0.4, -0.2) is 5.91 Å². The average molecular weight is 260 g/mol. The fraction of sp³-hybridized carbons (Fsp3) is 0.133. The van der Waals surface area contributed by atoms with E-state index < -0.39 is 5.38 Å². The van der Waals surface area contributed by atoms with E-state index in [1.165, 1.54) is 0 Å². The first-order chi connectivity index (χ1) is 8.66. The monoisotopic (exact) mass is 259 g/mol. The molecule has 0 aliphatic carbocycles. The number of anilines is 1. The molecule has 0 aliphatic heterocycles. The first-order valence-corrected chi connectivity index (χ1v) is 6.17. The molecule has 0 spiro atoms. The molecule has 1 N–H and O–H groups in total. The first kappa shape index (κ1) is 12.7. The van der Waals surface area contributed by atoms with Gasteiger partial charge in [0.25, 0.3) is 0 Å². The number of aryl methyl sites for hydroxylation is 1. The highest BCUT2D eigenvalue weighted by Crippen LogP contribution is 2.22. The normalized spacial score (nSPS) is 11.9. The highest BCUT2D eigenvalue weighted by atomic mass is 35.5. The molecule has 2 aromatic rings. The maximum Gasteiger partial charge on any atom is 0.246 e. The lowest BCUT2D eigenvalue weighted by Crippen LogP contribution is -2.17. The summed E-state index contributed by atoms with van der Waals surface area (Å²) < 4.78 is 0. The van der Waals surface area contributed by atoms with Crippen LogP contribution in [0.2, 0.25) is 0 Å². The molecule has 0 saturated heterocycles. The van der Waals surface area contributed by atoms with Crippen LogP contribution in [0.4, 0.5) is 5.69 Å². The van der Waals surface area contributed by atoms with Crippen LogP contribution in [0, 0.1) is 6.92 Å². The Morgan fingerprint density at radius 2 is 1.67 bits per heavy atom. The van der Waals surface area contributed by atoms with E-state index in [0.29, 0.717) is 0 Å². The Hall–Kier alpha value is -1.80. The summed E-state index contributed by atoms with van der Waals surface area (Å²) in [6, 6.07) is 16.9. The Bertz CT molecular complexity index is 522. The predicted molar refractivity (Wildman–Crippen MR) is 74.8 cm³/mol. The molecule has 18 heavy (non-hydrogen) atoms. The lowest BCUT2D eigenvalue weighted by atomic mass is 10.1. The molecule has 0 aromatic heterocycles. The summed E-state index contributed by atoms with van der Waals surface area (Å²) >= 11 is 6.15. The Labute approximate surface area is 112 Å². The topological polar surface area (TPSA) is 29.1 Å². The summed E-state index contributed by atoms with van der Waals surface area (Å²) in [5.41, 5.74) is 2.70.